The quantitative estimate of drug-likeness (QED) is 0.418. The molecular formula is C25H21F3N4O2. The van der Waals surface area contributed by atoms with Crippen LogP contribution < -0.4 is 9.91 Å². The minimum Gasteiger partial charge on any atom is -0.344 e. The van der Waals surface area contributed by atoms with Crippen molar-refractivity contribution >= 4 is 28.7 Å². The van der Waals surface area contributed by atoms with Crippen molar-refractivity contribution in [3.05, 3.63) is 81.9 Å². The molecule has 0 saturated carbocycles. The Bertz CT molecular complexity index is 1290. The average Bonchev–Trinajstić information content (AvgIpc) is 3.25. The van der Waals surface area contributed by atoms with Crippen LogP contribution in [0, 0.1) is 4.91 Å². The number of nitroso groups, excluding NO2 is 1. The van der Waals surface area contributed by atoms with Crippen molar-refractivity contribution < 1.29 is 18.0 Å². The second-order valence-electron chi connectivity index (χ2n) is 9.00. The van der Waals surface area contributed by atoms with Crippen LogP contribution in [0.25, 0.3) is 0 Å². The minimum atomic E-state index is -4.81. The Hall–Kier alpha value is -3.75. The number of hydrazone groups is 1. The van der Waals surface area contributed by atoms with Gasteiger partial charge in [0.25, 0.3) is 5.91 Å². The molecule has 3 heterocycles. The molecule has 5 rings (SSSR count). The van der Waals surface area contributed by atoms with Crippen LogP contribution in [-0.4, -0.2) is 24.3 Å². The Morgan fingerprint density at radius 1 is 1.09 bits per heavy atom. The molecule has 0 atom stereocenters. The number of rotatable bonds is 3. The van der Waals surface area contributed by atoms with Crippen molar-refractivity contribution in [2.75, 3.05) is 16.5 Å². The third kappa shape index (κ3) is 3.34. The maximum Gasteiger partial charge on any atom is 0.435 e. The van der Waals surface area contributed by atoms with Gasteiger partial charge in [-0.3, -0.25) is 4.79 Å². The molecule has 9 heteroatoms. The van der Waals surface area contributed by atoms with Gasteiger partial charge >= 0.3 is 6.18 Å². The van der Waals surface area contributed by atoms with E-state index in [2.05, 4.69) is 21.2 Å². The van der Waals surface area contributed by atoms with Crippen LogP contribution in [0.1, 0.15) is 31.4 Å². The SMILES string of the molecule is CC1(C)/C(=C/C=C2/C(=O)N(c3ccc(N=O)cc3)N=C2C(F)(F)F)N2CCCc3cccc1c32. The lowest BCUT2D eigenvalue weighted by atomic mass is 9.83. The largest absolute Gasteiger partial charge is 0.435 e. The fraction of sp³-hybridized carbons (Fsp3) is 0.280. The van der Waals surface area contributed by atoms with Crippen molar-refractivity contribution in [2.45, 2.75) is 38.3 Å². The molecule has 3 aliphatic heterocycles. The van der Waals surface area contributed by atoms with E-state index in [1.807, 2.05) is 26.0 Å². The first-order valence-electron chi connectivity index (χ1n) is 10.9. The fourth-order valence-corrected chi connectivity index (χ4v) is 4.94. The lowest BCUT2D eigenvalue weighted by Gasteiger charge is -2.30. The van der Waals surface area contributed by atoms with Crippen LogP contribution >= 0.6 is 0 Å². The maximum absolute atomic E-state index is 13.8. The van der Waals surface area contributed by atoms with E-state index in [0.717, 1.165) is 36.3 Å². The number of amides is 1. The lowest BCUT2D eigenvalue weighted by Crippen LogP contribution is -2.29. The number of hydrogen-bond donors (Lipinski definition) is 0. The molecule has 34 heavy (non-hydrogen) atoms. The first kappa shape index (κ1) is 22.1. The van der Waals surface area contributed by atoms with Gasteiger partial charge in [0.05, 0.1) is 11.3 Å². The summed E-state index contributed by atoms with van der Waals surface area (Å²) in [6.45, 7) is 4.84. The van der Waals surface area contributed by atoms with Gasteiger partial charge in [0, 0.05) is 23.3 Å². The number of alkyl halides is 3. The first-order valence-corrected chi connectivity index (χ1v) is 10.9. The number of anilines is 2. The Labute approximate surface area is 194 Å². The van der Waals surface area contributed by atoms with E-state index < -0.39 is 28.8 Å². The third-order valence-electron chi connectivity index (χ3n) is 6.58. The Kier molecular flexibility index (Phi) is 4.96. The number of halogens is 3. The molecule has 0 aromatic heterocycles. The molecule has 0 radical (unpaired) electrons. The Morgan fingerprint density at radius 3 is 2.50 bits per heavy atom. The number of carbonyl (C=O) groups is 1. The third-order valence-corrected chi connectivity index (χ3v) is 6.58. The standard InChI is InChI=1S/C25H21F3N4O2/c1-24(2)19-7-3-5-15-6-4-14-31(21(15)19)20(24)13-12-18-22(25(26,27)28)29-32(23(18)33)17-10-8-16(30-34)9-11-17/h3,5,7-13H,4,6,14H2,1-2H3/b18-12+,20-13-. The van der Waals surface area contributed by atoms with Gasteiger partial charge in [-0.1, -0.05) is 32.0 Å². The summed E-state index contributed by atoms with van der Waals surface area (Å²) in [5.74, 6) is -0.886. The summed E-state index contributed by atoms with van der Waals surface area (Å²) < 4.78 is 41.5. The highest BCUT2D eigenvalue weighted by atomic mass is 19.4. The number of para-hydroxylation sites is 1. The van der Waals surface area contributed by atoms with Gasteiger partial charge in [-0.2, -0.15) is 23.3 Å². The van der Waals surface area contributed by atoms with Gasteiger partial charge in [0.15, 0.2) is 5.71 Å². The van der Waals surface area contributed by atoms with Crippen molar-refractivity contribution in [3.63, 3.8) is 0 Å². The summed E-state index contributed by atoms with van der Waals surface area (Å²) in [4.78, 5) is 25.8. The average molecular weight is 466 g/mol. The summed E-state index contributed by atoms with van der Waals surface area (Å²) in [5, 5.41) is 7.06. The van der Waals surface area contributed by atoms with E-state index >= 15 is 0 Å². The molecule has 0 saturated heterocycles. The zero-order valence-electron chi connectivity index (χ0n) is 18.6. The van der Waals surface area contributed by atoms with E-state index in [1.165, 1.54) is 35.9 Å². The highest BCUT2D eigenvalue weighted by Crippen LogP contribution is 2.51. The molecule has 1 amide bonds. The van der Waals surface area contributed by atoms with Gasteiger partial charge in [-0.25, -0.2) is 0 Å². The van der Waals surface area contributed by atoms with Gasteiger partial charge < -0.3 is 4.90 Å². The van der Waals surface area contributed by atoms with Crippen molar-refractivity contribution in [1.29, 1.82) is 0 Å². The van der Waals surface area contributed by atoms with Gasteiger partial charge in [-0.15, -0.1) is 4.91 Å². The topological polar surface area (TPSA) is 65.3 Å². The number of nitrogens with zero attached hydrogens (tertiary/aromatic N) is 4. The molecule has 0 N–H and O–H groups in total. The molecule has 174 valence electrons. The normalized spacial score (nSPS) is 21.3. The highest BCUT2D eigenvalue weighted by molar-refractivity contribution is 6.32. The first-order chi connectivity index (χ1) is 16.1. The fourth-order valence-electron chi connectivity index (χ4n) is 4.94. The summed E-state index contributed by atoms with van der Waals surface area (Å²) in [7, 11) is 0. The molecule has 6 nitrogen and oxygen atoms in total. The second kappa shape index (κ2) is 7.65. The van der Waals surface area contributed by atoms with Crippen LogP contribution in [0.5, 0.6) is 0 Å². The Balaban J connectivity index is 1.57. The van der Waals surface area contributed by atoms with E-state index in [4.69, 9.17) is 0 Å². The summed E-state index contributed by atoms with van der Waals surface area (Å²) >= 11 is 0. The Morgan fingerprint density at radius 2 is 1.82 bits per heavy atom. The smallest absolute Gasteiger partial charge is 0.344 e. The van der Waals surface area contributed by atoms with Gasteiger partial charge in [-0.05, 0) is 65.6 Å². The lowest BCUT2D eigenvalue weighted by molar-refractivity contribution is -0.114. The molecule has 0 spiro atoms. The predicted molar refractivity (Wildman–Crippen MR) is 124 cm³/mol. The summed E-state index contributed by atoms with van der Waals surface area (Å²) in [6.07, 6.45) is -0.0693. The summed E-state index contributed by atoms with van der Waals surface area (Å²) in [5.41, 5.74) is 2.32. The molecule has 0 aliphatic carbocycles. The maximum atomic E-state index is 13.8. The van der Waals surface area contributed by atoms with Crippen LogP contribution in [0.15, 0.2) is 76.2 Å². The molecule has 0 fully saturated rings. The molecule has 2 aromatic rings. The molecule has 3 aliphatic rings. The monoisotopic (exact) mass is 466 g/mol. The predicted octanol–water partition coefficient (Wildman–Crippen LogP) is 5.90. The number of carbonyl (C=O) groups excluding carboxylic acids is 1. The van der Waals surface area contributed by atoms with Crippen LogP contribution in [-0.2, 0) is 16.6 Å². The van der Waals surface area contributed by atoms with E-state index in [9.17, 15) is 22.9 Å². The molecule has 2 aromatic carbocycles. The number of hydrogen-bond acceptors (Lipinski definition) is 5. The van der Waals surface area contributed by atoms with Crippen LogP contribution in [0.4, 0.5) is 30.2 Å². The number of benzene rings is 2. The zero-order valence-corrected chi connectivity index (χ0v) is 18.6. The van der Waals surface area contributed by atoms with Crippen LogP contribution in [0.2, 0.25) is 0 Å². The van der Waals surface area contributed by atoms with E-state index in [0.29, 0.717) is 5.01 Å². The number of allylic oxidation sites excluding steroid dienone is 3. The molecule has 0 unspecified atom stereocenters. The minimum absolute atomic E-state index is 0.0971. The van der Waals surface area contributed by atoms with E-state index in [1.54, 1.807) is 6.08 Å². The highest BCUT2D eigenvalue weighted by Gasteiger charge is 2.47. The van der Waals surface area contributed by atoms with Gasteiger partial charge in [0.2, 0.25) is 0 Å². The molecular weight excluding hydrogens is 445 g/mol. The van der Waals surface area contributed by atoms with Crippen LogP contribution in [0.3, 0.4) is 0 Å². The summed E-state index contributed by atoms with van der Waals surface area (Å²) in [6, 6.07) is 11.4. The second-order valence-corrected chi connectivity index (χ2v) is 9.00. The van der Waals surface area contributed by atoms with E-state index in [-0.39, 0.29) is 11.4 Å². The van der Waals surface area contributed by atoms with Crippen molar-refractivity contribution in [2.24, 2.45) is 10.3 Å². The number of aryl methyl sites for hydroxylation is 1. The van der Waals surface area contributed by atoms with Gasteiger partial charge in [0.1, 0.15) is 5.69 Å². The zero-order chi connectivity index (χ0) is 24.3. The van der Waals surface area contributed by atoms with Crippen molar-refractivity contribution in [1.82, 2.24) is 0 Å². The molecule has 0 bridgehead atoms. The van der Waals surface area contributed by atoms with Crippen molar-refractivity contribution in [3.8, 4) is 0 Å².